The Morgan fingerprint density at radius 3 is 2.77 bits per heavy atom. The summed E-state index contributed by atoms with van der Waals surface area (Å²) in [6.45, 7) is 6.37. The number of halogens is 2. The molecule has 3 aromatic rings. The Kier molecular flexibility index (Phi) is 7.79. The molecule has 0 radical (unpaired) electrons. The number of carbonyl (C=O) groups excluding carboxylic acids is 1. The second-order valence-corrected chi connectivity index (χ2v) is 8.07. The van der Waals surface area contributed by atoms with Crippen molar-refractivity contribution in [3.05, 3.63) is 76.6 Å². The SMILES string of the molecule is C=CCn1c(COc2ccccc2Cl)nnc1SCC(=O)Nc1ccc(C)c(Cl)c1. The van der Waals surface area contributed by atoms with E-state index in [1.165, 1.54) is 11.8 Å². The van der Waals surface area contributed by atoms with E-state index in [0.29, 0.717) is 39.0 Å². The lowest BCUT2D eigenvalue weighted by Gasteiger charge is -2.10. The Hall–Kier alpha value is -2.48. The Labute approximate surface area is 189 Å². The number of hydrogen-bond acceptors (Lipinski definition) is 5. The number of amides is 1. The summed E-state index contributed by atoms with van der Waals surface area (Å²) in [4.78, 5) is 12.3. The molecule has 0 unspecified atom stereocenters. The van der Waals surface area contributed by atoms with E-state index in [9.17, 15) is 4.79 Å². The van der Waals surface area contributed by atoms with Crippen LogP contribution < -0.4 is 10.1 Å². The van der Waals surface area contributed by atoms with Crippen molar-refractivity contribution in [3.63, 3.8) is 0 Å². The molecule has 1 heterocycles. The van der Waals surface area contributed by atoms with Gasteiger partial charge in [0.05, 0.1) is 10.8 Å². The first-order valence-electron chi connectivity index (χ1n) is 9.07. The number of rotatable bonds is 9. The van der Waals surface area contributed by atoms with Crippen LogP contribution in [0.25, 0.3) is 0 Å². The monoisotopic (exact) mass is 462 g/mol. The van der Waals surface area contributed by atoms with E-state index in [0.717, 1.165) is 5.56 Å². The van der Waals surface area contributed by atoms with E-state index in [-0.39, 0.29) is 18.3 Å². The maximum Gasteiger partial charge on any atom is 0.234 e. The third kappa shape index (κ3) is 5.78. The Morgan fingerprint density at radius 1 is 1.23 bits per heavy atom. The lowest BCUT2D eigenvalue weighted by molar-refractivity contribution is -0.113. The fourth-order valence-corrected chi connectivity index (χ4v) is 3.68. The summed E-state index contributed by atoms with van der Waals surface area (Å²) in [6, 6.07) is 12.6. The van der Waals surface area contributed by atoms with Crippen molar-refractivity contribution < 1.29 is 9.53 Å². The number of nitrogens with zero attached hydrogens (tertiary/aromatic N) is 3. The topological polar surface area (TPSA) is 69.0 Å². The maximum absolute atomic E-state index is 12.3. The van der Waals surface area contributed by atoms with Crippen LogP contribution in [-0.4, -0.2) is 26.4 Å². The molecule has 6 nitrogen and oxygen atoms in total. The highest BCUT2D eigenvalue weighted by molar-refractivity contribution is 7.99. The van der Waals surface area contributed by atoms with Crippen LogP contribution in [0.5, 0.6) is 5.75 Å². The first-order chi connectivity index (χ1) is 14.5. The zero-order valence-electron chi connectivity index (χ0n) is 16.3. The number of nitrogens with one attached hydrogen (secondary N) is 1. The summed E-state index contributed by atoms with van der Waals surface area (Å²) >= 11 is 13.5. The van der Waals surface area contributed by atoms with Crippen LogP contribution in [0.1, 0.15) is 11.4 Å². The number of aromatic nitrogens is 3. The second kappa shape index (κ2) is 10.5. The van der Waals surface area contributed by atoms with Gasteiger partial charge in [0.2, 0.25) is 5.91 Å². The molecule has 3 rings (SSSR count). The maximum atomic E-state index is 12.3. The predicted molar refractivity (Wildman–Crippen MR) is 122 cm³/mol. The fourth-order valence-electron chi connectivity index (χ4n) is 2.55. The lowest BCUT2D eigenvalue weighted by Crippen LogP contribution is -2.15. The molecule has 1 aromatic heterocycles. The number of hydrogen-bond donors (Lipinski definition) is 1. The Balaban J connectivity index is 1.62. The third-order valence-electron chi connectivity index (χ3n) is 4.09. The van der Waals surface area contributed by atoms with Gasteiger partial charge in [-0.05, 0) is 36.8 Å². The number of para-hydroxylation sites is 1. The average Bonchev–Trinajstić information content (AvgIpc) is 3.10. The van der Waals surface area contributed by atoms with Gasteiger partial charge >= 0.3 is 0 Å². The van der Waals surface area contributed by atoms with Gasteiger partial charge in [-0.1, -0.05) is 59.2 Å². The van der Waals surface area contributed by atoms with Crippen molar-refractivity contribution in [2.24, 2.45) is 0 Å². The number of anilines is 1. The van der Waals surface area contributed by atoms with Crippen LogP contribution in [0, 0.1) is 6.92 Å². The predicted octanol–water partition coefficient (Wildman–Crippen LogP) is 5.39. The van der Waals surface area contributed by atoms with E-state index in [4.69, 9.17) is 27.9 Å². The van der Waals surface area contributed by atoms with E-state index in [1.54, 1.807) is 24.3 Å². The van der Waals surface area contributed by atoms with Crippen molar-refractivity contribution in [1.29, 1.82) is 0 Å². The number of ether oxygens (including phenoxy) is 1. The van der Waals surface area contributed by atoms with Crippen LogP contribution in [0.15, 0.2) is 60.3 Å². The molecule has 0 spiro atoms. The fraction of sp³-hybridized carbons (Fsp3) is 0.190. The van der Waals surface area contributed by atoms with Gasteiger partial charge in [0.15, 0.2) is 11.0 Å². The summed E-state index contributed by atoms with van der Waals surface area (Å²) < 4.78 is 7.61. The molecule has 0 aliphatic carbocycles. The van der Waals surface area contributed by atoms with Crippen molar-refractivity contribution >= 4 is 46.6 Å². The zero-order chi connectivity index (χ0) is 21.5. The molecule has 0 aliphatic heterocycles. The van der Waals surface area contributed by atoms with Crippen molar-refractivity contribution in [1.82, 2.24) is 14.8 Å². The molecule has 0 saturated carbocycles. The van der Waals surface area contributed by atoms with Gasteiger partial charge < -0.3 is 10.1 Å². The zero-order valence-corrected chi connectivity index (χ0v) is 18.6. The van der Waals surface area contributed by atoms with Gasteiger partial charge in [-0.3, -0.25) is 9.36 Å². The van der Waals surface area contributed by atoms with Crippen LogP contribution in [0.4, 0.5) is 5.69 Å². The molecule has 0 saturated heterocycles. The highest BCUT2D eigenvalue weighted by Crippen LogP contribution is 2.25. The van der Waals surface area contributed by atoms with E-state index >= 15 is 0 Å². The molecule has 2 aromatic carbocycles. The summed E-state index contributed by atoms with van der Waals surface area (Å²) in [7, 11) is 0. The van der Waals surface area contributed by atoms with Crippen LogP contribution >= 0.6 is 35.0 Å². The molecule has 0 fully saturated rings. The Bertz CT molecular complexity index is 1060. The van der Waals surface area contributed by atoms with Gasteiger partial charge in [-0.2, -0.15) is 0 Å². The third-order valence-corrected chi connectivity index (χ3v) is 5.77. The molecule has 1 amide bonds. The lowest BCUT2D eigenvalue weighted by atomic mass is 10.2. The molecular weight excluding hydrogens is 443 g/mol. The first-order valence-corrected chi connectivity index (χ1v) is 10.8. The minimum atomic E-state index is -0.165. The van der Waals surface area contributed by atoms with Gasteiger partial charge in [0.1, 0.15) is 12.4 Å². The summed E-state index contributed by atoms with van der Waals surface area (Å²) in [5.74, 6) is 1.19. The minimum Gasteiger partial charge on any atom is -0.484 e. The first kappa shape index (κ1) is 22.2. The highest BCUT2D eigenvalue weighted by atomic mass is 35.5. The van der Waals surface area contributed by atoms with Gasteiger partial charge in [-0.15, -0.1) is 16.8 Å². The molecule has 156 valence electrons. The standard InChI is InChI=1S/C21H20Cl2N4O2S/c1-3-10-27-19(12-29-18-7-5-4-6-16(18)22)25-26-21(27)30-13-20(28)24-15-9-8-14(2)17(23)11-15/h3-9,11H,1,10,12-13H2,2H3,(H,24,28). The summed E-state index contributed by atoms with van der Waals surface area (Å²) in [5.41, 5.74) is 1.60. The van der Waals surface area contributed by atoms with Crippen LogP contribution in [0.2, 0.25) is 10.0 Å². The van der Waals surface area contributed by atoms with Gasteiger partial charge in [0, 0.05) is 17.3 Å². The van der Waals surface area contributed by atoms with Crippen LogP contribution in [0.3, 0.4) is 0 Å². The molecule has 0 aliphatic rings. The molecule has 0 atom stereocenters. The van der Waals surface area contributed by atoms with E-state index < -0.39 is 0 Å². The Morgan fingerprint density at radius 2 is 2.03 bits per heavy atom. The van der Waals surface area contributed by atoms with Gasteiger partial charge in [0.25, 0.3) is 0 Å². The highest BCUT2D eigenvalue weighted by Gasteiger charge is 2.15. The number of benzene rings is 2. The average molecular weight is 463 g/mol. The van der Waals surface area contributed by atoms with E-state index in [2.05, 4.69) is 22.1 Å². The smallest absolute Gasteiger partial charge is 0.234 e. The normalized spacial score (nSPS) is 10.6. The van der Waals surface area contributed by atoms with Crippen LogP contribution in [-0.2, 0) is 17.9 Å². The molecule has 9 heteroatoms. The van der Waals surface area contributed by atoms with E-state index in [1.807, 2.05) is 35.8 Å². The summed E-state index contributed by atoms with van der Waals surface area (Å²) in [6.07, 6.45) is 1.74. The number of allylic oxidation sites excluding steroid dienone is 1. The molecular formula is C21H20Cl2N4O2S. The number of carbonyl (C=O) groups is 1. The van der Waals surface area contributed by atoms with Crippen molar-refractivity contribution in [3.8, 4) is 5.75 Å². The number of aryl methyl sites for hydroxylation is 1. The second-order valence-electron chi connectivity index (χ2n) is 6.32. The quantitative estimate of drug-likeness (QED) is 0.341. The number of thioether (sulfide) groups is 1. The molecule has 0 bridgehead atoms. The minimum absolute atomic E-state index is 0.165. The molecule has 30 heavy (non-hydrogen) atoms. The van der Waals surface area contributed by atoms with Crippen molar-refractivity contribution in [2.75, 3.05) is 11.1 Å². The molecule has 1 N–H and O–H groups in total. The van der Waals surface area contributed by atoms with Crippen molar-refractivity contribution in [2.45, 2.75) is 25.2 Å². The van der Waals surface area contributed by atoms with Gasteiger partial charge in [-0.25, -0.2) is 0 Å². The summed E-state index contributed by atoms with van der Waals surface area (Å²) in [5, 5.41) is 12.9. The largest absolute Gasteiger partial charge is 0.484 e.